The number of amides is 1. The Labute approximate surface area is 156 Å². The summed E-state index contributed by atoms with van der Waals surface area (Å²) >= 11 is 8.89. The average Bonchev–Trinajstić information content (AvgIpc) is 3.03. The molecule has 0 spiro atoms. The zero-order valence-corrected chi connectivity index (χ0v) is 15.4. The highest BCUT2D eigenvalue weighted by Crippen LogP contribution is 2.35. The van der Waals surface area contributed by atoms with Crippen molar-refractivity contribution in [1.29, 1.82) is 0 Å². The third kappa shape index (κ3) is 3.48. The molecule has 0 saturated heterocycles. The molecule has 0 fully saturated rings. The van der Waals surface area contributed by atoms with E-state index in [1.54, 1.807) is 5.38 Å². The van der Waals surface area contributed by atoms with Gasteiger partial charge < -0.3 is 15.8 Å². The predicted molar refractivity (Wildman–Crippen MR) is 103 cm³/mol. The second-order valence-corrected chi connectivity index (χ2v) is 7.19. The number of rotatable bonds is 5. The Morgan fingerprint density at radius 1 is 1.44 bits per heavy atom. The monoisotopic (exact) mass is 397 g/mol. The van der Waals surface area contributed by atoms with Gasteiger partial charge >= 0.3 is 0 Å². The number of hydrogen-bond donors (Lipinski definition) is 3. The number of nitrogens with zero attached hydrogens (tertiary/aromatic N) is 2. The topological polar surface area (TPSA) is 92.9 Å². The number of fused-ring (bicyclic) bond motifs is 1. The van der Waals surface area contributed by atoms with Crippen LogP contribution in [0.25, 0.3) is 10.2 Å². The first kappa shape index (κ1) is 17.7. The third-order valence-electron chi connectivity index (χ3n) is 3.28. The summed E-state index contributed by atoms with van der Waals surface area (Å²) in [6.07, 6.45) is 1.28. The smallest absolute Gasteiger partial charge is 0.258 e. The van der Waals surface area contributed by atoms with Crippen molar-refractivity contribution in [2.45, 2.75) is 6.92 Å². The molecule has 0 aliphatic carbocycles. The lowest BCUT2D eigenvalue weighted by molar-refractivity contribution is 0.102. The maximum atomic E-state index is 14.2. The van der Waals surface area contributed by atoms with E-state index in [0.717, 1.165) is 5.75 Å². The first-order valence-corrected chi connectivity index (χ1v) is 9.42. The fraction of sp³-hybridized carbons (Fsp3) is 0.133. The van der Waals surface area contributed by atoms with Crippen molar-refractivity contribution in [1.82, 2.24) is 9.97 Å². The van der Waals surface area contributed by atoms with Crippen LogP contribution in [0.3, 0.4) is 0 Å². The van der Waals surface area contributed by atoms with Gasteiger partial charge in [0.2, 0.25) is 0 Å². The van der Waals surface area contributed by atoms with E-state index in [1.807, 2.05) is 6.92 Å². The van der Waals surface area contributed by atoms with E-state index in [4.69, 9.17) is 17.3 Å². The molecular formula is C15H13ClFN5OS2. The molecule has 3 aromatic rings. The number of nitrogens with one attached hydrogen (secondary N) is 2. The molecule has 0 saturated carbocycles. The second-order valence-electron chi connectivity index (χ2n) is 4.86. The van der Waals surface area contributed by atoms with Crippen LogP contribution in [0.4, 0.5) is 21.6 Å². The maximum Gasteiger partial charge on any atom is 0.258 e. The summed E-state index contributed by atoms with van der Waals surface area (Å²) in [7, 11) is 0. The van der Waals surface area contributed by atoms with Crippen molar-refractivity contribution in [2.75, 3.05) is 21.5 Å². The van der Waals surface area contributed by atoms with Crippen molar-refractivity contribution in [3.63, 3.8) is 0 Å². The number of nitrogens with two attached hydrogens (primary N) is 1. The lowest BCUT2D eigenvalue weighted by Crippen LogP contribution is -2.13. The molecule has 0 radical (unpaired) electrons. The summed E-state index contributed by atoms with van der Waals surface area (Å²) in [6.45, 7) is 1.97. The maximum absolute atomic E-state index is 14.2. The van der Waals surface area contributed by atoms with Gasteiger partial charge in [0.15, 0.2) is 0 Å². The highest BCUT2D eigenvalue weighted by Gasteiger charge is 2.19. The largest absolute Gasteiger partial charge is 0.382 e. The minimum atomic E-state index is -0.626. The van der Waals surface area contributed by atoms with Gasteiger partial charge in [0.1, 0.15) is 18.0 Å². The fourth-order valence-electron chi connectivity index (χ4n) is 2.11. The van der Waals surface area contributed by atoms with E-state index < -0.39 is 11.7 Å². The first-order chi connectivity index (χ1) is 12.0. The third-order valence-corrected chi connectivity index (χ3v) is 5.32. The van der Waals surface area contributed by atoms with E-state index in [0.29, 0.717) is 21.7 Å². The molecule has 6 nitrogen and oxygen atoms in total. The Hall–Kier alpha value is -2.10. The van der Waals surface area contributed by atoms with Crippen LogP contribution in [0.1, 0.15) is 17.3 Å². The highest BCUT2D eigenvalue weighted by molar-refractivity contribution is 8.00. The lowest BCUT2D eigenvalue weighted by Gasteiger charge is -2.12. The molecule has 1 aromatic carbocycles. The molecule has 10 heteroatoms. The SMILES string of the molecule is CCSNc1ccc(F)c(NC(=O)c2csc3c(N)ncnc23)c1Cl. The molecule has 3 rings (SSSR count). The molecule has 0 unspecified atom stereocenters. The number of nitrogen functional groups attached to an aromatic ring is 1. The molecule has 1 amide bonds. The summed E-state index contributed by atoms with van der Waals surface area (Å²) in [5.41, 5.74) is 6.91. The Kier molecular flexibility index (Phi) is 5.26. The number of carbonyl (C=O) groups excluding carboxylic acids is 1. The van der Waals surface area contributed by atoms with E-state index in [2.05, 4.69) is 20.0 Å². The molecule has 0 atom stereocenters. The van der Waals surface area contributed by atoms with Gasteiger partial charge in [-0.05, 0) is 12.1 Å². The summed E-state index contributed by atoms with van der Waals surface area (Å²) in [4.78, 5) is 20.5. The van der Waals surface area contributed by atoms with Gasteiger partial charge in [0.25, 0.3) is 5.91 Å². The van der Waals surface area contributed by atoms with Crippen LogP contribution in [0.5, 0.6) is 0 Å². The zero-order chi connectivity index (χ0) is 18.0. The summed E-state index contributed by atoms with van der Waals surface area (Å²) in [5, 5.41) is 4.22. The van der Waals surface area contributed by atoms with Gasteiger partial charge in [-0.25, -0.2) is 14.4 Å². The van der Waals surface area contributed by atoms with Gasteiger partial charge in [-0.3, -0.25) is 4.79 Å². The fourth-order valence-corrected chi connectivity index (χ4v) is 3.78. The van der Waals surface area contributed by atoms with Crippen molar-refractivity contribution >= 4 is 68.2 Å². The number of thiophene rings is 1. The van der Waals surface area contributed by atoms with Gasteiger partial charge in [0, 0.05) is 11.1 Å². The van der Waals surface area contributed by atoms with Crippen LogP contribution in [0.2, 0.25) is 5.02 Å². The van der Waals surface area contributed by atoms with Gasteiger partial charge in [-0.15, -0.1) is 11.3 Å². The van der Waals surface area contributed by atoms with E-state index in [1.165, 1.54) is 41.7 Å². The van der Waals surface area contributed by atoms with E-state index >= 15 is 0 Å². The molecule has 4 N–H and O–H groups in total. The Morgan fingerprint density at radius 3 is 3.00 bits per heavy atom. The van der Waals surface area contributed by atoms with Crippen LogP contribution in [0.15, 0.2) is 23.8 Å². The van der Waals surface area contributed by atoms with Crippen molar-refractivity contribution < 1.29 is 9.18 Å². The minimum Gasteiger partial charge on any atom is -0.382 e. The number of aromatic nitrogens is 2. The van der Waals surface area contributed by atoms with Crippen LogP contribution in [0, 0.1) is 5.82 Å². The van der Waals surface area contributed by atoms with Crippen LogP contribution in [-0.2, 0) is 0 Å². The average molecular weight is 398 g/mol. The van der Waals surface area contributed by atoms with Crippen molar-refractivity contribution in [3.05, 3.63) is 40.2 Å². The van der Waals surface area contributed by atoms with Crippen molar-refractivity contribution in [2.24, 2.45) is 0 Å². The van der Waals surface area contributed by atoms with Crippen LogP contribution >= 0.6 is 34.9 Å². The second kappa shape index (κ2) is 7.42. The summed E-state index contributed by atoms with van der Waals surface area (Å²) in [5.74, 6) is -0.0530. The van der Waals surface area contributed by atoms with E-state index in [9.17, 15) is 9.18 Å². The Bertz CT molecular complexity index is 949. The van der Waals surface area contributed by atoms with Crippen LogP contribution in [-0.4, -0.2) is 21.6 Å². The Morgan fingerprint density at radius 2 is 2.24 bits per heavy atom. The zero-order valence-electron chi connectivity index (χ0n) is 13.0. The number of carbonyl (C=O) groups is 1. The normalized spacial score (nSPS) is 10.8. The molecule has 2 aromatic heterocycles. The molecule has 0 aliphatic rings. The molecule has 130 valence electrons. The standard InChI is InChI=1S/C15H13ClFN5OS2/c1-2-25-22-9-4-3-8(17)12(10(9)16)21-15(23)7-5-24-13-11(7)19-6-20-14(13)18/h3-6,22H,2H2,1H3,(H,21,23)(H2,18,19,20). The number of hydrogen-bond acceptors (Lipinski definition) is 7. The number of anilines is 3. The predicted octanol–water partition coefficient (Wildman–Crippen LogP) is 4.40. The molecule has 2 heterocycles. The van der Waals surface area contributed by atoms with Gasteiger partial charge in [0.05, 0.1) is 32.2 Å². The van der Waals surface area contributed by atoms with E-state index in [-0.39, 0.29) is 16.3 Å². The van der Waals surface area contributed by atoms with Crippen molar-refractivity contribution in [3.8, 4) is 0 Å². The molecular weight excluding hydrogens is 385 g/mol. The van der Waals surface area contributed by atoms with Gasteiger partial charge in [-0.1, -0.05) is 30.5 Å². The highest BCUT2D eigenvalue weighted by atomic mass is 35.5. The summed E-state index contributed by atoms with van der Waals surface area (Å²) in [6, 6.07) is 2.76. The minimum absolute atomic E-state index is 0.0882. The quantitative estimate of drug-likeness (QED) is 0.552. The van der Waals surface area contributed by atoms with Gasteiger partial charge in [-0.2, -0.15) is 0 Å². The molecule has 25 heavy (non-hydrogen) atoms. The Balaban J connectivity index is 1.93. The lowest BCUT2D eigenvalue weighted by atomic mass is 10.2. The molecule has 0 bridgehead atoms. The van der Waals surface area contributed by atoms with Crippen LogP contribution < -0.4 is 15.8 Å². The number of halogens is 2. The molecule has 0 aliphatic heterocycles. The first-order valence-electron chi connectivity index (χ1n) is 7.17. The number of benzene rings is 1. The summed E-state index contributed by atoms with van der Waals surface area (Å²) < 4.78 is 17.8.